The molecule has 1 fully saturated rings. The molecule has 0 bridgehead atoms. The molecular weight excluding hydrogens is 498 g/mol. The lowest BCUT2D eigenvalue weighted by molar-refractivity contribution is -0.145. The summed E-state index contributed by atoms with van der Waals surface area (Å²) < 4.78 is 4.93. The Kier molecular flexibility index (Phi) is 16.3. The number of carbonyl (C=O) groups is 3. The van der Waals surface area contributed by atoms with Crippen molar-refractivity contribution in [2.24, 2.45) is 11.7 Å². The van der Waals surface area contributed by atoms with E-state index in [1.54, 1.807) is 16.7 Å². The van der Waals surface area contributed by atoms with Gasteiger partial charge in [0.2, 0.25) is 11.8 Å². The summed E-state index contributed by atoms with van der Waals surface area (Å²) in [6, 6.07) is -1.98. The van der Waals surface area contributed by atoms with E-state index in [1.165, 1.54) is 23.8 Å². The minimum absolute atomic E-state index is 0.195. The van der Waals surface area contributed by atoms with E-state index >= 15 is 0 Å². The summed E-state index contributed by atoms with van der Waals surface area (Å²) >= 11 is 1.58. The fourth-order valence-electron chi connectivity index (χ4n) is 4.43. The monoisotopic (exact) mass is 549 g/mol. The Bertz CT molecular complexity index is 862. The first-order chi connectivity index (χ1) is 18.0. The molecule has 3 atom stereocenters. The van der Waals surface area contributed by atoms with Gasteiger partial charge in [-0.3, -0.25) is 9.59 Å². The molecule has 0 aromatic rings. The molecule has 0 aromatic heterocycles. The minimum Gasteiger partial charge on any atom is -0.467 e. The zero-order valence-electron chi connectivity index (χ0n) is 24.7. The number of nitrogens with two attached hydrogens (primary N) is 1. The quantitative estimate of drug-likeness (QED) is 0.157. The van der Waals surface area contributed by atoms with Crippen molar-refractivity contribution in [3.63, 3.8) is 0 Å². The zero-order valence-corrected chi connectivity index (χ0v) is 25.5. The first kappa shape index (κ1) is 34.0. The second-order valence-corrected chi connectivity index (χ2v) is 12.1. The number of thioether (sulfide) groups is 1. The van der Waals surface area contributed by atoms with Crippen LogP contribution in [-0.4, -0.2) is 66.0 Å². The topological polar surface area (TPSA) is 102 Å². The summed E-state index contributed by atoms with van der Waals surface area (Å²) in [6.45, 7) is 13.1. The lowest BCUT2D eigenvalue weighted by Gasteiger charge is -2.28. The first-order valence-corrected chi connectivity index (χ1v) is 15.1. The van der Waals surface area contributed by atoms with Crippen LogP contribution in [0.2, 0.25) is 0 Å². The van der Waals surface area contributed by atoms with Crippen LogP contribution >= 0.6 is 11.8 Å². The maximum absolute atomic E-state index is 13.1. The fourth-order valence-corrected chi connectivity index (χ4v) is 5.42. The van der Waals surface area contributed by atoms with Gasteiger partial charge >= 0.3 is 5.97 Å². The summed E-state index contributed by atoms with van der Waals surface area (Å²) in [7, 11) is 1.32. The smallest absolute Gasteiger partial charge is 0.329 e. The standard InChI is InChI=1S/C30H51N3O4S/c1-21(2)11-8-12-23(5)13-9-14-24(6)16-18-38-20-26(30(36)37-7)32-28(34)27-15-10-17-33(27)29(35)25(31)19-22(3)4/h11,13,16,22,25-27H,8-10,12,14-15,17-20,31H2,1-7H3,(H,32,34)/b23-13+,24-16+/t25-,26-,27-/m0/s1. The van der Waals surface area contributed by atoms with E-state index in [0.717, 1.165) is 37.9 Å². The molecule has 8 heteroatoms. The third kappa shape index (κ3) is 13.1. The van der Waals surface area contributed by atoms with Crippen LogP contribution in [0, 0.1) is 5.92 Å². The largest absolute Gasteiger partial charge is 0.467 e. The molecule has 0 aromatic carbocycles. The molecule has 7 nitrogen and oxygen atoms in total. The zero-order chi connectivity index (χ0) is 28.7. The van der Waals surface area contributed by atoms with Crippen LogP contribution in [0.3, 0.4) is 0 Å². The predicted molar refractivity (Wildman–Crippen MR) is 159 cm³/mol. The van der Waals surface area contributed by atoms with Crippen LogP contribution in [0.15, 0.2) is 34.9 Å². The number of allylic oxidation sites excluding steroid dienone is 5. The number of hydrogen-bond donors (Lipinski definition) is 2. The van der Waals surface area contributed by atoms with E-state index in [-0.39, 0.29) is 11.8 Å². The molecule has 0 aliphatic carbocycles. The molecular formula is C30H51N3O4S. The van der Waals surface area contributed by atoms with Crippen molar-refractivity contribution in [1.82, 2.24) is 10.2 Å². The van der Waals surface area contributed by atoms with Gasteiger partial charge < -0.3 is 20.7 Å². The van der Waals surface area contributed by atoms with Gasteiger partial charge in [-0.1, -0.05) is 48.8 Å². The van der Waals surface area contributed by atoms with Gasteiger partial charge in [0.1, 0.15) is 12.1 Å². The molecule has 1 saturated heterocycles. The number of ether oxygens (including phenoxy) is 1. The Morgan fingerprint density at radius 2 is 1.68 bits per heavy atom. The SMILES string of the molecule is COC(=O)[C@H](CSC/C=C(\C)CC/C=C(\C)CCC=C(C)C)NC(=O)[C@@H]1CCCN1C(=O)[C@@H](N)CC(C)C. The van der Waals surface area contributed by atoms with E-state index < -0.39 is 24.1 Å². The van der Waals surface area contributed by atoms with Crippen molar-refractivity contribution in [3.8, 4) is 0 Å². The highest BCUT2D eigenvalue weighted by atomic mass is 32.2. The summed E-state index contributed by atoms with van der Waals surface area (Å²) in [5.74, 6) is 0.448. The molecule has 3 N–H and O–H groups in total. The first-order valence-electron chi connectivity index (χ1n) is 13.9. The number of hydrogen-bond acceptors (Lipinski definition) is 6. The highest BCUT2D eigenvalue weighted by Gasteiger charge is 2.37. The molecule has 38 heavy (non-hydrogen) atoms. The molecule has 1 heterocycles. The average molecular weight is 550 g/mol. The van der Waals surface area contributed by atoms with Gasteiger partial charge in [0, 0.05) is 18.1 Å². The maximum Gasteiger partial charge on any atom is 0.329 e. The van der Waals surface area contributed by atoms with Gasteiger partial charge in [0.25, 0.3) is 0 Å². The van der Waals surface area contributed by atoms with E-state index in [1.807, 2.05) is 13.8 Å². The van der Waals surface area contributed by atoms with E-state index in [4.69, 9.17) is 10.5 Å². The number of nitrogens with one attached hydrogen (secondary N) is 1. The van der Waals surface area contributed by atoms with Gasteiger partial charge in [0.05, 0.1) is 13.2 Å². The van der Waals surface area contributed by atoms with Gasteiger partial charge in [0.15, 0.2) is 0 Å². The van der Waals surface area contributed by atoms with Gasteiger partial charge in [-0.05, 0) is 78.6 Å². The molecule has 2 amide bonds. The Balaban J connectivity index is 2.57. The molecule has 216 valence electrons. The third-order valence-corrected chi connectivity index (χ3v) is 7.61. The molecule has 0 spiro atoms. The lowest BCUT2D eigenvalue weighted by atomic mass is 10.0. The number of methoxy groups -OCH3 is 1. The van der Waals surface area contributed by atoms with Crippen molar-refractivity contribution >= 4 is 29.5 Å². The molecule has 1 rings (SSSR count). The average Bonchev–Trinajstić information content (AvgIpc) is 3.34. The fraction of sp³-hybridized carbons (Fsp3) is 0.700. The molecule has 1 aliphatic rings. The number of esters is 1. The summed E-state index contributed by atoms with van der Waals surface area (Å²) in [6.07, 6.45) is 12.9. The van der Waals surface area contributed by atoms with Crippen molar-refractivity contribution in [1.29, 1.82) is 0 Å². The minimum atomic E-state index is -0.764. The maximum atomic E-state index is 13.1. The van der Waals surface area contributed by atoms with Gasteiger partial charge in [-0.25, -0.2) is 4.79 Å². The second-order valence-electron chi connectivity index (χ2n) is 11.0. The Morgan fingerprint density at radius 3 is 2.29 bits per heavy atom. The molecule has 0 radical (unpaired) electrons. The number of amides is 2. The number of rotatable bonds is 16. The highest BCUT2D eigenvalue weighted by Crippen LogP contribution is 2.20. The van der Waals surface area contributed by atoms with Crippen LogP contribution in [-0.2, 0) is 19.1 Å². The molecule has 1 aliphatic heterocycles. The third-order valence-electron chi connectivity index (χ3n) is 6.64. The normalized spacial score (nSPS) is 17.8. The van der Waals surface area contributed by atoms with Crippen LogP contribution < -0.4 is 11.1 Å². The summed E-state index contributed by atoms with van der Waals surface area (Å²) in [4.78, 5) is 39.9. The second kappa shape index (κ2) is 18.3. The van der Waals surface area contributed by atoms with E-state index in [0.29, 0.717) is 31.1 Å². The van der Waals surface area contributed by atoms with Crippen LogP contribution in [0.4, 0.5) is 0 Å². The van der Waals surface area contributed by atoms with Crippen molar-refractivity contribution in [2.45, 2.75) is 105 Å². The van der Waals surface area contributed by atoms with Crippen molar-refractivity contribution in [3.05, 3.63) is 34.9 Å². The van der Waals surface area contributed by atoms with Crippen molar-refractivity contribution < 1.29 is 19.1 Å². The van der Waals surface area contributed by atoms with Crippen LogP contribution in [0.25, 0.3) is 0 Å². The summed E-state index contributed by atoms with van der Waals surface area (Å²) in [5.41, 5.74) is 10.2. The van der Waals surface area contributed by atoms with Crippen LogP contribution in [0.5, 0.6) is 0 Å². The number of carbonyl (C=O) groups excluding carboxylic acids is 3. The lowest BCUT2D eigenvalue weighted by Crippen LogP contribution is -2.54. The molecule has 0 unspecified atom stereocenters. The Morgan fingerprint density at radius 1 is 1.05 bits per heavy atom. The van der Waals surface area contributed by atoms with Gasteiger partial charge in [-0.2, -0.15) is 11.8 Å². The number of likely N-dealkylation sites (tertiary alicyclic amines) is 1. The highest BCUT2D eigenvalue weighted by molar-refractivity contribution is 7.99. The Labute approximate surface area is 235 Å². The number of nitrogens with zero attached hydrogens (tertiary/aromatic N) is 1. The predicted octanol–water partition coefficient (Wildman–Crippen LogP) is 5.16. The van der Waals surface area contributed by atoms with Crippen LogP contribution in [0.1, 0.15) is 86.5 Å². The summed E-state index contributed by atoms with van der Waals surface area (Å²) in [5, 5.41) is 2.83. The van der Waals surface area contributed by atoms with E-state index in [9.17, 15) is 14.4 Å². The Hall–Kier alpha value is -2.06. The molecule has 0 saturated carbocycles. The van der Waals surface area contributed by atoms with E-state index in [2.05, 4.69) is 51.2 Å². The van der Waals surface area contributed by atoms with Crippen molar-refractivity contribution in [2.75, 3.05) is 25.2 Å². The van der Waals surface area contributed by atoms with Gasteiger partial charge in [-0.15, -0.1) is 0 Å².